The van der Waals surface area contributed by atoms with Gasteiger partial charge in [-0.15, -0.1) is 11.3 Å². The van der Waals surface area contributed by atoms with Gasteiger partial charge in [-0.3, -0.25) is 4.79 Å². The Morgan fingerprint density at radius 3 is 2.74 bits per heavy atom. The Labute approximate surface area is 137 Å². The zero-order valence-electron chi connectivity index (χ0n) is 12.5. The highest BCUT2D eigenvalue weighted by molar-refractivity contribution is 7.18. The first-order valence-corrected chi connectivity index (χ1v) is 7.84. The monoisotopic (exact) mass is 333 g/mol. The van der Waals surface area contributed by atoms with Gasteiger partial charge in [0.25, 0.3) is 0 Å². The molecule has 0 bridgehead atoms. The van der Waals surface area contributed by atoms with Crippen molar-refractivity contribution in [3.63, 3.8) is 0 Å². The van der Waals surface area contributed by atoms with Crippen LogP contribution in [0.4, 0.5) is 5.00 Å². The second-order valence-electron chi connectivity index (χ2n) is 4.86. The van der Waals surface area contributed by atoms with Gasteiger partial charge in [0.2, 0.25) is 5.91 Å². The third-order valence-corrected chi connectivity index (χ3v) is 4.21. The first-order chi connectivity index (χ1) is 11.2. The molecular formula is C16H15NO5S. The Kier molecular flexibility index (Phi) is 4.47. The summed E-state index contributed by atoms with van der Waals surface area (Å²) in [6.45, 7) is 1.04. The average molecular weight is 333 g/mol. The zero-order chi connectivity index (χ0) is 16.2. The Hall–Kier alpha value is -2.54. The number of fused-ring (bicyclic) bond motifs is 1. The van der Waals surface area contributed by atoms with Gasteiger partial charge in [0.1, 0.15) is 18.1 Å². The number of thiophene rings is 1. The third kappa shape index (κ3) is 3.62. The maximum Gasteiger partial charge on any atom is 0.348 e. The van der Waals surface area contributed by atoms with Crippen LogP contribution in [0.1, 0.15) is 15.2 Å². The smallest absolute Gasteiger partial charge is 0.348 e. The predicted molar refractivity (Wildman–Crippen MR) is 85.4 cm³/mol. The fourth-order valence-corrected chi connectivity index (χ4v) is 3.02. The van der Waals surface area contributed by atoms with Crippen molar-refractivity contribution in [3.05, 3.63) is 40.8 Å². The number of nitrogens with one attached hydrogen (secondary N) is 1. The minimum atomic E-state index is -0.415. The quantitative estimate of drug-likeness (QED) is 0.870. The molecule has 0 spiro atoms. The molecule has 7 heteroatoms. The maximum absolute atomic E-state index is 12.1. The largest absolute Gasteiger partial charge is 0.486 e. The van der Waals surface area contributed by atoms with Crippen LogP contribution in [-0.4, -0.2) is 32.2 Å². The van der Waals surface area contributed by atoms with Gasteiger partial charge in [-0.2, -0.15) is 0 Å². The molecule has 0 atom stereocenters. The zero-order valence-corrected chi connectivity index (χ0v) is 13.3. The van der Waals surface area contributed by atoms with Crippen LogP contribution >= 0.6 is 11.3 Å². The molecule has 0 radical (unpaired) electrons. The molecule has 2 heterocycles. The van der Waals surface area contributed by atoms with Gasteiger partial charge in [0.15, 0.2) is 11.5 Å². The lowest BCUT2D eigenvalue weighted by molar-refractivity contribution is -0.115. The standard InChI is InChI=1S/C16H15NO5S/c1-20-16(19)13-4-5-15(23-13)17-14(18)9-10-2-3-11-12(8-10)22-7-6-21-11/h2-5,8H,6-7,9H2,1H3,(H,17,18). The van der Waals surface area contributed by atoms with Gasteiger partial charge in [0.05, 0.1) is 18.5 Å². The maximum atomic E-state index is 12.1. The van der Waals surface area contributed by atoms with Crippen LogP contribution in [-0.2, 0) is 16.0 Å². The van der Waals surface area contributed by atoms with Crippen molar-refractivity contribution in [1.82, 2.24) is 0 Å². The summed E-state index contributed by atoms with van der Waals surface area (Å²) in [5.74, 6) is 0.773. The van der Waals surface area contributed by atoms with E-state index in [1.165, 1.54) is 18.4 Å². The fourth-order valence-electron chi connectivity index (χ4n) is 2.18. The lowest BCUT2D eigenvalue weighted by Gasteiger charge is -2.18. The highest BCUT2D eigenvalue weighted by atomic mass is 32.1. The van der Waals surface area contributed by atoms with E-state index in [2.05, 4.69) is 10.1 Å². The molecule has 0 unspecified atom stereocenters. The van der Waals surface area contributed by atoms with E-state index >= 15 is 0 Å². The molecule has 1 aromatic heterocycles. The molecule has 2 aromatic rings. The normalized spacial score (nSPS) is 12.6. The summed E-state index contributed by atoms with van der Waals surface area (Å²) in [6.07, 6.45) is 0.210. The van der Waals surface area contributed by atoms with Crippen LogP contribution in [0.25, 0.3) is 0 Å². The van der Waals surface area contributed by atoms with Gasteiger partial charge in [0, 0.05) is 0 Å². The van der Waals surface area contributed by atoms with Gasteiger partial charge >= 0.3 is 5.97 Å². The van der Waals surface area contributed by atoms with Crippen LogP contribution in [0.5, 0.6) is 11.5 Å². The molecule has 0 saturated carbocycles. The molecule has 0 fully saturated rings. The molecule has 23 heavy (non-hydrogen) atoms. The summed E-state index contributed by atoms with van der Waals surface area (Å²) in [7, 11) is 1.32. The molecule has 1 amide bonds. The Morgan fingerprint density at radius 1 is 1.17 bits per heavy atom. The molecule has 1 N–H and O–H groups in total. The molecular weight excluding hydrogens is 318 g/mol. The molecule has 1 aromatic carbocycles. The Bertz CT molecular complexity index is 740. The van der Waals surface area contributed by atoms with Crippen LogP contribution in [0.15, 0.2) is 30.3 Å². The Balaban J connectivity index is 1.63. The number of carbonyl (C=O) groups is 2. The first-order valence-electron chi connectivity index (χ1n) is 7.02. The molecule has 1 aliphatic rings. The van der Waals surface area contributed by atoms with Crippen LogP contribution in [0, 0.1) is 0 Å². The van der Waals surface area contributed by atoms with E-state index in [1.54, 1.807) is 18.2 Å². The van der Waals surface area contributed by atoms with Crippen molar-refractivity contribution >= 4 is 28.2 Å². The molecule has 0 saturated heterocycles. The number of carbonyl (C=O) groups excluding carboxylic acids is 2. The highest BCUT2D eigenvalue weighted by Gasteiger charge is 2.14. The molecule has 0 aliphatic carbocycles. The summed E-state index contributed by atoms with van der Waals surface area (Å²) in [5.41, 5.74) is 0.830. The van der Waals surface area contributed by atoms with Crippen LogP contribution in [0.3, 0.4) is 0 Å². The SMILES string of the molecule is COC(=O)c1ccc(NC(=O)Cc2ccc3c(c2)OCCO3)s1. The van der Waals surface area contributed by atoms with Crippen molar-refractivity contribution < 1.29 is 23.8 Å². The van der Waals surface area contributed by atoms with Gasteiger partial charge < -0.3 is 19.5 Å². The summed E-state index contributed by atoms with van der Waals surface area (Å²) in [6, 6.07) is 8.75. The topological polar surface area (TPSA) is 73.9 Å². The number of methoxy groups -OCH3 is 1. The predicted octanol–water partition coefficient (Wildman–Crippen LogP) is 2.49. The number of rotatable bonds is 4. The molecule has 3 rings (SSSR count). The highest BCUT2D eigenvalue weighted by Crippen LogP contribution is 2.31. The second-order valence-corrected chi connectivity index (χ2v) is 5.94. The molecule has 1 aliphatic heterocycles. The number of ether oxygens (including phenoxy) is 3. The van der Waals surface area contributed by atoms with E-state index in [1.807, 2.05) is 12.1 Å². The van der Waals surface area contributed by atoms with E-state index in [0.29, 0.717) is 34.6 Å². The summed E-state index contributed by atoms with van der Waals surface area (Å²) in [5, 5.41) is 3.37. The van der Waals surface area contributed by atoms with Crippen LogP contribution < -0.4 is 14.8 Å². The number of anilines is 1. The number of hydrogen-bond acceptors (Lipinski definition) is 6. The van der Waals surface area contributed by atoms with Crippen LogP contribution in [0.2, 0.25) is 0 Å². The van der Waals surface area contributed by atoms with E-state index < -0.39 is 5.97 Å². The van der Waals surface area contributed by atoms with E-state index in [0.717, 1.165) is 5.56 Å². The first kappa shape index (κ1) is 15.4. The van der Waals surface area contributed by atoms with Gasteiger partial charge in [-0.05, 0) is 29.8 Å². The summed E-state index contributed by atoms with van der Waals surface area (Å²) >= 11 is 1.18. The fraction of sp³-hybridized carbons (Fsp3) is 0.250. The van der Waals surface area contributed by atoms with Crippen molar-refractivity contribution in [2.45, 2.75) is 6.42 Å². The van der Waals surface area contributed by atoms with Crippen molar-refractivity contribution in [3.8, 4) is 11.5 Å². The van der Waals surface area contributed by atoms with Gasteiger partial charge in [-0.25, -0.2) is 4.79 Å². The molecule has 120 valence electrons. The van der Waals surface area contributed by atoms with E-state index in [-0.39, 0.29) is 12.3 Å². The minimum Gasteiger partial charge on any atom is -0.486 e. The van der Waals surface area contributed by atoms with Crippen molar-refractivity contribution in [1.29, 1.82) is 0 Å². The Morgan fingerprint density at radius 2 is 1.96 bits per heavy atom. The summed E-state index contributed by atoms with van der Waals surface area (Å²) < 4.78 is 15.6. The van der Waals surface area contributed by atoms with Crippen molar-refractivity contribution in [2.24, 2.45) is 0 Å². The number of esters is 1. The molecule has 6 nitrogen and oxygen atoms in total. The summed E-state index contributed by atoms with van der Waals surface area (Å²) in [4.78, 5) is 23.9. The lowest BCUT2D eigenvalue weighted by atomic mass is 10.1. The van der Waals surface area contributed by atoms with Gasteiger partial charge in [-0.1, -0.05) is 6.07 Å². The lowest BCUT2D eigenvalue weighted by Crippen LogP contribution is -2.16. The number of amides is 1. The minimum absolute atomic E-state index is 0.167. The average Bonchev–Trinajstić information content (AvgIpc) is 3.02. The number of hydrogen-bond donors (Lipinski definition) is 1. The number of benzene rings is 1. The van der Waals surface area contributed by atoms with Crippen molar-refractivity contribution in [2.75, 3.05) is 25.6 Å². The van der Waals surface area contributed by atoms with E-state index in [4.69, 9.17) is 9.47 Å². The second kappa shape index (κ2) is 6.70. The van der Waals surface area contributed by atoms with E-state index in [9.17, 15) is 9.59 Å². The third-order valence-electron chi connectivity index (χ3n) is 3.23.